The normalized spacial score (nSPS) is 18.4. The number of ether oxygens (including phenoxy) is 1. The molecule has 0 bridgehead atoms. The van der Waals surface area contributed by atoms with E-state index in [4.69, 9.17) is 9.37 Å². The predicted octanol–water partition coefficient (Wildman–Crippen LogP) is 7.79. The van der Waals surface area contributed by atoms with Crippen LogP contribution in [0.3, 0.4) is 0 Å². The molecule has 272 valence electrons. The van der Waals surface area contributed by atoms with E-state index in [-0.39, 0.29) is 29.3 Å². The Kier molecular flexibility index (Phi) is 11.5. The molecule has 6 rings (SSSR count). The summed E-state index contributed by atoms with van der Waals surface area (Å²) in [5.41, 5.74) is 3.13. The Hall–Kier alpha value is -3.45. The summed E-state index contributed by atoms with van der Waals surface area (Å²) in [5.74, 6) is -0.740. The van der Waals surface area contributed by atoms with Gasteiger partial charge in [0, 0.05) is 37.4 Å². The Balaban J connectivity index is 1.24. The standard InChI is InChI=1S/C37H54FN7O4Si/c1-23-30(24(2)45(42-23)22-48-20-21-50(3,4)5)28-18-19-29(39-35(28)38)40-36(46)33(41-37(47)34-32(27-16-17-27)43-49-44-34)31(25-12-8-6-9-13-25)26-14-10-7-11-15-26/h18-19,25-27,31,33H,6-17,20-22H2,1-5H3,(H,41,47)(H,39,40,46)/t33-/m0/s1. The predicted molar refractivity (Wildman–Crippen MR) is 192 cm³/mol. The molecule has 3 aliphatic carbocycles. The number of amides is 2. The molecule has 0 aliphatic heterocycles. The largest absolute Gasteiger partial charge is 0.360 e. The highest BCUT2D eigenvalue weighted by Gasteiger charge is 2.42. The van der Waals surface area contributed by atoms with E-state index in [2.05, 4.69) is 50.7 Å². The molecule has 3 fully saturated rings. The van der Waals surface area contributed by atoms with E-state index in [0.717, 1.165) is 75.9 Å². The lowest BCUT2D eigenvalue weighted by atomic mass is 9.66. The summed E-state index contributed by atoms with van der Waals surface area (Å²) < 4.78 is 28.5. The Labute approximate surface area is 295 Å². The van der Waals surface area contributed by atoms with Crippen LogP contribution in [0, 0.1) is 37.5 Å². The zero-order chi connectivity index (χ0) is 35.4. The monoisotopic (exact) mass is 707 g/mol. The lowest BCUT2D eigenvalue weighted by Gasteiger charge is -2.41. The van der Waals surface area contributed by atoms with E-state index in [1.54, 1.807) is 16.8 Å². The van der Waals surface area contributed by atoms with Crippen LogP contribution in [-0.4, -0.2) is 57.6 Å². The van der Waals surface area contributed by atoms with Crippen LogP contribution in [0.2, 0.25) is 25.7 Å². The van der Waals surface area contributed by atoms with Crippen molar-refractivity contribution in [2.45, 2.75) is 135 Å². The first-order valence-electron chi connectivity index (χ1n) is 18.7. The zero-order valence-corrected chi connectivity index (χ0v) is 31.4. The molecule has 0 saturated heterocycles. The molecule has 0 unspecified atom stereocenters. The maximum Gasteiger partial charge on any atom is 0.276 e. The van der Waals surface area contributed by atoms with Gasteiger partial charge in [-0.1, -0.05) is 89.0 Å². The van der Waals surface area contributed by atoms with Crippen LogP contribution in [0.1, 0.15) is 111 Å². The van der Waals surface area contributed by atoms with Crippen molar-refractivity contribution >= 4 is 25.7 Å². The first-order valence-corrected chi connectivity index (χ1v) is 22.4. The van der Waals surface area contributed by atoms with Gasteiger partial charge in [-0.25, -0.2) is 14.3 Å². The average molecular weight is 708 g/mol. The number of hydrogen-bond donors (Lipinski definition) is 2. The van der Waals surface area contributed by atoms with Crippen LogP contribution in [0.5, 0.6) is 0 Å². The molecular formula is C37H54FN7O4Si. The quantitative estimate of drug-likeness (QED) is 0.0985. The topological polar surface area (TPSA) is 137 Å². The first kappa shape index (κ1) is 36.3. The SMILES string of the molecule is Cc1nn(COCC[Si](C)(C)C)c(C)c1-c1ccc(NC(=O)[C@@H](NC(=O)c2nonc2C2CC2)C(C2CCCCC2)C2CCCCC2)nc1F. The van der Waals surface area contributed by atoms with Crippen molar-refractivity contribution in [2.24, 2.45) is 17.8 Å². The lowest BCUT2D eigenvalue weighted by molar-refractivity contribution is -0.121. The van der Waals surface area contributed by atoms with E-state index in [1.165, 1.54) is 12.8 Å². The van der Waals surface area contributed by atoms with Gasteiger partial charge in [0.1, 0.15) is 24.3 Å². The number of pyridine rings is 1. The summed E-state index contributed by atoms with van der Waals surface area (Å²) in [6.45, 7) is 11.6. The number of aromatic nitrogens is 5. The lowest BCUT2D eigenvalue weighted by Crippen LogP contribution is -2.53. The minimum absolute atomic E-state index is 0.0583. The number of anilines is 1. The number of halogens is 1. The first-order chi connectivity index (χ1) is 24.0. The van der Waals surface area contributed by atoms with Crippen LogP contribution in [0.15, 0.2) is 16.8 Å². The molecule has 3 aliphatic rings. The fraction of sp³-hybridized carbons (Fsp3) is 0.676. The molecule has 3 heterocycles. The van der Waals surface area contributed by atoms with E-state index in [9.17, 15) is 9.59 Å². The molecule has 3 saturated carbocycles. The number of carbonyl (C=O) groups is 2. The van der Waals surface area contributed by atoms with Crippen LogP contribution < -0.4 is 10.6 Å². The Morgan fingerprint density at radius 2 is 1.64 bits per heavy atom. The second-order valence-electron chi connectivity index (χ2n) is 16.0. The van der Waals surface area contributed by atoms with Crippen molar-refractivity contribution < 1.29 is 23.3 Å². The number of nitrogens with one attached hydrogen (secondary N) is 2. The average Bonchev–Trinajstić information content (AvgIpc) is 3.74. The smallest absolute Gasteiger partial charge is 0.276 e. The summed E-state index contributed by atoms with van der Waals surface area (Å²) >= 11 is 0. The molecule has 0 spiro atoms. The van der Waals surface area contributed by atoms with Gasteiger partial charge in [0.05, 0.1) is 5.69 Å². The molecule has 13 heteroatoms. The fourth-order valence-corrected chi connectivity index (χ4v) is 8.88. The minimum atomic E-state index is -1.22. The molecule has 0 aromatic carbocycles. The van der Waals surface area contributed by atoms with Crippen molar-refractivity contribution in [3.63, 3.8) is 0 Å². The highest BCUT2D eigenvalue weighted by atomic mass is 28.3. The van der Waals surface area contributed by atoms with Crippen LogP contribution in [0.4, 0.5) is 10.2 Å². The molecule has 11 nitrogen and oxygen atoms in total. The summed E-state index contributed by atoms with van der Waals surface area (Å²) in [7, 11) is -1.22. The molecule has 3 aromatic rings. The Morgan fingerprint density at radius 1 is 0.980 bits per heavy atom. The molecule has 2 N–H and O–H groups in total. The molecule has 0 radical (unpaired) electrons. The number of aryl methyl sites for hydroxylation is 1. The van der Waals surface area contributed by atoms with Crippen LogP contribution >= 0.6 is 0 Å². The van der Waals surface area contributed by atoms with Gasteiger partial charge in [-0.3, -0.25) is 9.59 Å². The van der Waals surface area contributed by atoms with Gasteiger partial charge >= 0.3 is 0 Å². The van der Waals surface area contributed by atoms with Crippen molar-refractivity contribution in [1.29, 1.82) is 0 Å². The van der Waals surface area contributed by atoms with Gasteiger partial charge in [0.15, 0.2) is 5.69 Å². The van der Waals surface area contributed by atoms with Crippen molar-refractivity contribution in [1.82, 2.24) is 30.4 Å². The summed E-state index contributed by atoms with van der Waals surface area (Å²) in [4.78, 5) is 32.4. The maximum absolute atomic E-state index is 15.8. The van der Waals surface area contributed by atoms with Gasteiger partial charge in [-0.05, 0) is 67.8 Å². The van der Waals surface area contributed by atoms with E-state index in [0.29, 0.717) is 47.7 Å². The number of hydrogen-bond acceptors (Lipinski definition) is 8. The molecule has 3 aromatic heterocycles. The molecule has 50 heavy (non-hydrogen) atoms. The fourth-order valence-electron chi connectivity index (χ4n) is 8.13. The van der Waals surface area contributed by atoms with E-state index < -0.39 is 26.0 Å². The number of carbonyl (C=O) groups excluding carboxylic acids is 2. The third kappa shape index (κ3) is 8.70. The maximum atomic E-state index is 15.8. The number of nitrogens with zero attached hydrogens (tertiary/aromatic N) is 5. The third-order valence-corrected chi connectivity index (χ3v) is 12.7. The number of rotatable bonds is 14. The van der Waals surface area contributed by atoms with E-state index >= 15 is 4.39 Å². The van der Waals surface area contributed by atoms with Gasteiger partial charge in [-0.2, -0.15) is 9.49 Å². The second kappa shape index (κ2) is 15.8. The van der Waals surface area contributed by atoms with Crippen molar-refractivity contribution in [2.75, 3.05) is 11.9 Å². The van der Waals surface area contributed by atoms with E-state index in [1.807, 2.05) is 13.8 Å². The molecular weight excluding hydrogens is 654 g/mol. The van der Waals surface area contributed by atoms with Crippen LogP contribution in [0.25, 0.3) is 11.1 Å². The van der Waals surface area contributed by atoms with Crippen LogP contribution in [-0.2, 0) is 16.3 Å². The summed E-state index contributed by atoms with van der Waals surface area (Å²) in [5, 5.41) is 18.6. The van der Waals surface area contributed by atoms with Gasteiger partial charge in [-0.15, -0.1) is 0 Å². The van der Waals surface area contributed by atoms with Crippen molar-refractivity contribution in [3.05, 3.63) is 40.9 Å². The second-order valence-corrected chi connectivity index (χ2v) is 21.6. The highest BCUT2D eigenvalue weighted by molar-refractivity contribution is 6.76. The van der Waals surface area contributed by atoms with Gasteiger partial charge in [0.2, 0.25) is 11.9 Å². The summed E-state index contributed by atoms with van der Waals surface area (Å²) in [6.07, 6.45) is 12.8. The van der Waals surface area contributed by atoms with Gasteiger partial charge < -0.3 is 15.4 Å². The minimum Gasteiger partial charge on any atom is -0.360 e. The molecule has 1 atom stereocenters. The summed E-state index contributed by atoms with van der Waals surface area (Å²) in [6, 6.07) is 3.47. The third-order valence-electron chi connectivity index (χ3n) is 11.0. The molecule has 2 amide bonds. The van der Waals surface area contributed by atoms with Crippen molar-refractivity contribution in [3.8, 4) is 11.1 Å². The van der Waals surface area contributed by atoms with Gasteiger partial charge in [0.25, 0.3) is 5.91 Å². The Morgan fingerprint density at radius 3 is 2.24 bits per heavy atom. The zero-order valence-electron chi connectivity index (χ0n) is 30.4. The highest BCUT2D eigenvalue weighted by Crippen LogP contribution is 2.43. The Bertz CT molecular complexity index is 1620.